The van der Waals surface area contributed by atoms with Crippen LogP contribution in [0.3, 0.4) is 0 Å². The third-order valence-electron chi connectivity index (χ3n) is 4.57. The molecule has 1 atom stereocenters. The van der Waals surface area contributed by atoms with Gasteiger partial charge in [-0.2, -0.15) is 0 Å². The first-order chi connectivity index (χ1) is 13.8. The summed E-state index contributed by atoms with van der Waals surface area (Å²) in [6.07, 6.45) is 0. The third kappa shape index (κ3) is 6.87. The number of anilines is 1. The zero-order chi connectivity index (χ0) is 21.4. The fourth-order valence-corrected chi connectivity index (χ4v) is 2.95. The average molecular weight is 402 g/mol. The molecule has 1 unspecified atom stereocenters. The van der Waals surface area contributed by atoms with Gasteiger partial charge >= 0.3 is 0 Å². The molecule has 156 valence electrons. The maximum atomic E-state index is 13.9. The third-order valence-corrected chi connectivity index (χ3v) is 4.57. The summed E-state index contributed by atoms with van der Waals surface area (Å²) in [7, 11) is 3.21. The van der Waals surface area contributed by atoms with Crippen LogP contribution in [0.5, 0.6) is 5.75 Å². The van der Waals surface area contributed by atoms with Gasteiger partial charge in [0, 0.05) is 18.8 Å². The number of quaternary nitrogens is 1. The Labute approximate surface area is 171 Å². The van der Waals surface area contributed by atoms with Crippen LogP contribution in [-0.2, 0) is 16.1 Å². The molecule has 2 aromatic rings. The van der Waals surface area contributed by atoms with E-state index < -0.39 is 5.82 Å². The molecule has 0 saturated heterocycles. The molecule has 2 N–H and O–H groups in total. The van der Waals surface area contributed by atoms with E-state index in [9.17, 15) is 14.0 Å². The molecular weight excluding hydrogens is 373 g/mol. The summed E-state index contributed by atoms with van der Waals surface area (Å²) in [5, 5.41) is 2.84. The van der Waals surface area contributed by atoms with Crippen molar-refractivity contribution in [2.24, 2.45) is 0 Å². The molecule has 0 spiro atoms. The molecule has 0 bridgehead atoms. The minimum Gasteiger partial charge on any atom is -0.494 e. The van der Waals surface area contributed by atoms with Gasteiger partial charge in [-0.25, -0.2) is 4.39 Å². The number of carbonyl (C=O) groups excluding carboxylic acids is 2. The van der Waals surface area contributed by atoms with Crippen LogP contribution >= 0.6 is 0 Å². The molecule has 0 aliphatic heterocycles. The van der Waals surface area contributed by atoms with Crippen LogP contribution in [0.25, 0.3) is 0 Å². The SMILES string of the molecule is CCN(Cc1ccc(OC)c(F)c1)C(=O)C[NH+](C)CC(=O)Nc1ccc(C)cc1. The predicted molar refractivity (Wildman–Crippen MR) is 110 cm³/mol. The Morgan fingerprint density at radius 1 is 1.14 bits per heavy atom. The molecular formula is C22H29FN3O3+. The van der Waals surface area contributed by atoms with E-state index in [-0.39, 0.29) is 30.7 Å². The number of aryl methyl sites for hydroxylation is 1. The molecule has 0 heterocycles. The van der Waals surface area contributed by atoms with E-state index in [1.165, 1.54) is 13.2 Å². The first-order valence-electron chi connectivity index (χ1n) is 9.60. The fraction of sp³-hybridized carbons (Fsp3) is 0.364. The number of carbonyl (C=O) groups is 2. The largest absolute Gasteiger partial charge is 0.494 e. The van der Waals surface area contributed by atoms with Gasteiger partial charge in [-0.3, -0.25) is 9.59 Å². The van der Waals surface area contributed by atoms with Crippen molar-refractivity contribution in [3.63, 3.8) is 0 Å². The lowest BCUT2D eigenvalue weighted by Crippen LogP contribution is -3.11. The van der Waals surface area contributed by atoms with Crippen molar-refractivity contribution < 1.29 is 23.6 Å². The van der Waals surface area contributed by atoms with Gasteiger partial charge < -0.3 is 19.9 Å². The highest BCUT2D eigenvalue weighted by Crippen LogP contribution is 2.18. The standard InChI is InChI=1S/C22H28FN3O3/c1-5-26(13-17-8-11-20(29-4)19(23)12-17)22(28)15-25(3)14-21(27)24-18-9-6-16(2)7-10-18/h6-12H,5,13-15H2,1-4H3,(H,24,27)/p+1. The van der Waals surface area contributed by atoms with Crippen molar-refractivity contribution in [2.75, 3.05) is 39.1 Å². The van der Waals surface area contributed by atoms with Crippen molar-refractivity contribution in [3.8, 4) is 5.75 Å². The van der Waals surface area contributed by atoms with Crippen molar-refractivity contribution in [1.82, 2.24) is 4.90 Å². The Balaban J connectivity index is 1.88. The van der Waals surface area contributed by atoms with Gasteiger partial charge in [-0.1, -0.05) is 23.8 Å². The van der Waals surface area contributed by atoms with E-state index in [0.29, 0.717) is 18.7 Å². The number of hydrogen-bond donors (Lipinski definition) is 2. The number of amides is 2. The molecule has 0 aliphatic carbocycles. The Morgan fingerprint density at radius 2 is 1.83 bits per heavy atom. The maximum Gasteiger partial charge on any atom is 0.279 e. The topological polar surface area (TPSA) is 63.1 Å². The van der Waals surface area contributed by atoms with Gasteiger partial charge in [-0.05, 0) is 43.7 Å². The van der Waals surface area contributed by atoms with Gasteiger partial charge in [0.1, 0.15) is 0 Å². The van der Waals surface area contributed by atoms with E-state index in [4.69, 9.17) is 4.74 Å². The minimum absolute atomic E-state index is 0.0932. The number of hydrogen-bond acceptors (Lipinski definition) is 3. The average Bonchev–Trinajstić information content (AvgIpc) is 2.67. The van der Waals surface area contributed by atoms with Gasteiger partial charge in [0.15, 0.2) is 24.7 Å². The molecule has 6 nitrogen and oxygen atoms in total. The van der Waals surface area contributed by atoms with Crippen molar-refractivity contribution in [3.05, 3.63) is 59.4 Å². The smallest absolute Gasteiger partial charge is 0.279 e. The molecule has 0 saturated carbocycles. The predicted octanol–water partition coefficient (Wildman–Crippen LogP) is 1.64. The Hall–Kier alpha value is -2.93. The number of rotatable bonds is 9. The molecule has 0 radical (unpaired) electrons. The van der Waals surface area contributed by atoms with Crippen molar-refractivity contribution in [1.29, 1.82) is 0 Å². The lowest BCUT2D eigenvalue weighted by Gasteiger charge is -2.23. The van der Waals surface area contributed by atoms with Crippen LogP contribution in [0.1, 0.15) is 18.1 Å². The summed E-state index contributed by atoms with van der Waals surface area (Å²) in [5.74, 6) is -0.528. The van der Waals surface area contributed by atoms with E-state index in [1.54, 1.807) is 24.1 Å². The molecule has 7 heteroatoms. The zero-order valence-corrected chi connectivity index (χ0v) is 17.4. The van der Waals surface area contributed by atoms with Gasteiger partial charge in [0.2, 0.25) is 0 Å². The van der Waals surface area contributed by atoms with E-state index in [2.05, 4.69) is 5.32 Å². The highest BCUT2D eigenvalue weighted by Gasteiger charge is 2.19. The summed E-state index contributed by atoms with van der Waals surface area (Å²) in [5.41, 5.74) is 2.54. The lowest BCUT2D eigenvalue weighted by atomic mass is 10.2. The highest BCUT2D eigenvalue weighted by molar-refractivity contribution is 5.91. The summed E-state index contributed by atoms with van der Waals surface area (Å²) in [6, 6.07) is 12.2. The summed E-state index contributed by atoms with van der Waals surface area (Å²) >= 11 is 0. The number of methoxy groups -OCH3 is 1. The first-order valence-corrected chi connectivity index (χ1v) is 9.60. The number of benzene rings is 2. The zero-order valence-electron chi connectivity index (χ0n) is 17.4. The normalized spacial score (nSPS) is 11.6. The molecule has 0 aromatic heterocycles. The van der Waals surface area contributed by atoms with E-state index in [1.807, 2.05) is 38.1 Å². The summed E-state index contributed by atoms with van der Waals surface area (Å²) in [6.45, 7) is 5.00. The van der Waals surface area contributed by atoms with Crippen LogP contribution in [0.2, 0.25) is 0 Å². The monoisotopic (exact) mass is 402 g/mol. The summed E-state index contributed by atoms with van der Waals surface area (Å²) in [4.78, 5) is 27.3. The van der Waals surface area contributed by atoms with Crippen LogP contribution in [-0.4, -0.2) is 50.5 Å². The van der Waals surface area contributed by atoms with Gasteiger partial charge in [0.05, 0.1) is 14.2 Å². The quantitative estimate of drug-likeness (QED) is 0.670. The number of likely N-dealkylation sites (N-methyl/N-ethyl adjacent to an activating group) is 2. The number of nitrogens with one attached hydrogen (secondary N) is 2. The second-order valence-electron chi connectivity index (χ2n) is 7.10. The van der Waals surface area contributed by atoms with E-state index >= 15 is 0 Å². The highest BCUT2D eigenvalue weighted by atomic mass is 19.1. The molecule has 2 aromatic carbocycles. The van der Waals surface area contributed by atoms with Crippen molar-refractivity contribution >= 4 is 17.5 Å². The lowest BCUT2D eigenvalue weighted by molar-refractivity contribution is -0.862. The van der Waals surface area contributed by atoms with E-state index in [0.717, 1.165) is 16.2 Å². The minimum atomic E-state index is -0.455. The first kappa shape index (κ1) is 22.4. The van der Waals surface area contributed by atoms with Crippen LogP contribution < -0.4 is 15.0 Å². The Morgan fingerprint density at radius 3 is 2.41 bits per heavy atom. The Bertz CT molecular complexity index is 840. The van der Waals surface area contributed by atoms with Crippen molar-refractivity contribution in [2.45, 2.75) is 20.4 Å². The second kappa shape index (κ2) is 10.6. The van der Waals surface area contributed by atoms with Crippen LogP contribution in [0.4, 0.5) is 10.1 Å². The fourth-order valence-electron chi connectivity index (χ4n) is 2.95. The van der Waals surface area contributed by atoms with Crippen LogP contribution in [0.15, 0.2) is 42.5 Å². The maximum absolute atomic E-state index is 13.9. The molecule has 2 rings (SSSR count). The summed E-state index contributed by atoms with van der Waals surface area (Å²) < 4.78 is 18.8. The molecule has 0 aliphatic rings. The molecule has 0 fully saturated rings. The molecule has 29 heavy (non-hydrogen) atoms. The number of halogens is 1. The van der Waals surface area contributed by atoms with Gasteiger partial charge in [-0.15, -0.1) is 0 Å². The number of nitrogens with zero attached hydrogens (tertiary/aromatic N) is 1. The second-order valence-corrected chi connectivity index (χ2v) is 7.10. The van der Waals surface area contributed by atoms with Crippen LogP contribution in [0, 0.1) is 12.7 Å². The Kier molecular flexibility index (Phi) is 8.15. The molecule has 2 amide bonds. The number of ether oxygens (including phenoxy) is 1. The van der Waals surface area contributed by atoms with Gasteiger partial charge in [0.25, 0.3) is 11.8 Å².